The Bertz CT molecular complexity index is 961. The highest BCUT2D eigenvalue weighted by molar-refractivity contribution is 6.18. The van der Waals surface area contributed by atoms with Gasteiger partial charge in [-0.25, -0.2) is 0 Å². The summed E-state index contributed by atoms with van der Waals surface area (Å²) < 4.78 is 4.73. The first-order valence-electron chi connectivity index (χ1n) is 15.5. The molecule has 0 bridgehead atoms. The van der Waals surface area contributed by atoms with Gasteiger partial charge >= 0.3 is 5.97 Å². The molecule has 42 heavy (non-hydrogen) atoms. The van der Waals surface area contributed by atoms with Crippen LogP contribution in [0.2, 0.25) is 0 Å². The lowest BCUT2D eigenvalue weighted by atomic mass is 9.78. The maximum atomic E-state index is 10.3. The summed E-state index contributed by atoms with van der Waals surface area (Å²) in [7, 11) is 0. The van der Waals surface area contributed by atoms with E-state index in [-0.39, 0.29) is 16.9 Å². The smallest absolute Gasteiger partial charge is 0.303 e. The molecule has 3 rings (SSSR count). The fourth-order valence-corrected chi connectivity index (χ4v) is 4.35. The fourth-order valence-electron chi connectivity index (χ4n) is 4.17. The molecule has 0 aliphatic carbocycles. The van der Waals surface area contributed by atoms with Crippen LogP contribution in [0.5, 0.6) is 11.5 Å². The Hall–Kier alpha value is -2.76. The zero-order valence-corrected chi connectivity index (χ0v) is 26.7. The third-order valence-corrected chi connectivity index (χ3v) is 7.44. The van der Waals surface area contributed by atoms with E-state index in [4.69, 9.17) is 21.4 Å². The van der Waals surface area contributed by atoms with E-state index >= 15 is 0 Å². The van der Waals surface area contributed by atoms with Crippen molar-refractivity contribution in [1.82, 2.24) is 0 Å². The topological polar surface area (TPSA) is 90.3 Å². The summed E-state index contributed by atoms with van der Waals surface area (Å²) in [6.07, 6.45) is 22.7. The molecule has 3 N–H and O–H groups in total. The minimum absolute atomic E-state index is 0.151. The quantitative estimate of drug-likeness (QED) is 0.0727. The van der Waals surface area contributed by atoms with Crippen LogP contribution in [0.1, 0.15) is 109 Å². The van der Waals surface area contributed by atoms with Gasteiger partial charge in [-0.1, -0.05) is 101 Å². The Morgan fingerprint density at radius 2 is 1.26 bits per heavy atom. The highest BCUT2D eigenvalue weighted by Gasteiger charge is 2.22. The molecule has 6 heteroatoms. The van der Waals surface area contributed by atoms with Gasteiger partial charge in [0.15, 0.2) is 0 Å². The Morgan fingerprint density at radius 1 is 0.810 bits per heavy atom. The summed E-state index contributed by atoms with van der Waals surface area (Å²) in [5.41, 5.74) is 2.10. The van der Waals surface area contributed by atoms with Crippen LogP contribution < -0.4 is 0 Å². The number of carbonyl (C=O) groups is 1. The maximum absolute atomic E-state index is 10.3. The molecule has 0 spiro atoms. The van der Waals surface area contributed by atoms with Crippen molar-refractivity contribution >= 4 is 17.6 Å². The van der Waals surface area contributed by atoms with Gasteiger partial charge in [0, 0.05) is 11.8 Å². The fraction of sp³-hybridized carbons (Fsp3) is 0.528. The van der Waals surface area contributed by atoms with E-state index in [1.165, 1.54) is 44.9 Å². The first-order valence-corrected chi connectivity index (χ1v) is 16.0. The third kappa shape index (κ3) is 18.6. The van der Waals surface area contributed by atoms with Gasteiger partial charge in [0.2, 0.25) is 0 Å². The number of hydrogen-bond donors (Lipinski definition) is 3. The number of benzene rings is 2. The van der Waals surface area contributed by atoms with Gasteiger partial charge in [0.05, 0.1) is 18.6 Å². The largest absolute Gasteiger partial charge is 0.508 e. The molecule has 0 radical (unpaired) electrons. The molecular weight excluding hydrogens is 548 g/mol. The second-order valence-electron chi connectivity index (χ2n) is 11.2. The van der Waals surface area contributed by atoms with Crippen molar-refractivity contribution in [2.24, 2.45) is 0 Å². The van der Waals surface area contributed by atoms with Gasteiger partial charge in [0.1, 0.15) is 11.5 Å². The van der Waals surface area contributed by atoms with E-state index in [1.54, 1.807) is 24.3 Å². The van der Waals surface area contributed by atoms with Gasteiger partial charge in [-0.15, -0.1) is 11.6 Å². The molecule has 1 atom stereocenters. The van der Waals surface area contributed by atoms with Gasteiger partial charge in [-0.2, -0.15) is 0 Å². The van der Waals surface area contributed by atoms with E-state index in [9.17, 15) is 15.0 Å². The molecule has 0 aromatic heterocycles. The summed E-state index contributed by atoms with van der Waals surface area (Å²) >= 11 is 5.27. The molecule has 2 aromatic carbocycles. The number of hydrogen-bond acceptors (Lipinski definition) is 4. The zero-order valence-electron chi connectivity index (χ0n) is 25.9. The van der Waals surface area contributed by atoms with Crippen LogP contribution in [0.4, 0.5) is 0 Å². The predicted octanol–water partition coefficient (Wildman–Crippen LogP) is 9.93. The highest BCUT2D eigenvalue weighted by Crippen LogP contribution is 2.32. The number of alkyl halides is 1. The highest BCUT2D eigenvalue weighted by atomic mass is 35.5. The number of phenols is 2. The summed E-state index contributed by atoms with van der Waals surface area (Å²) in [5.74, 6) is 0.543. The SMILES string of the molecule is CC(C)(c1ccc(O)cc1)c1ccc(O)cc1.CCCCC/C=C\C/C=C\CCCCCCCC(=O)O.ClCC1CO1. The molecule has 1 unspecified atom stereocenters. The van der Waals surface area contributed by atoms with Crippen LogP contribution in [0.15, 0.2) is 72.8 Å². The average Bonchev–Trinajstić information content (AvgIpc) is 3.81. The Morgan fingerprint density at radius 3 is 1.67 bits per heavy atom. The number of carboxylic acid groups (broad SMARTS) is 1. The van der Waals surface area contributed by atoms with E-state index < -0.39 is 5.97 Å². The molecule has 1 aliphatic rings. The number of halogens is 1. The molecule has 0 amide bonds. The molecule has 1 saturated heterocycles. The van der Waals surface area contributed by atoms with Gasteiger partial charge in [-0.3, -0.25) is 4.79 Å². The standard InChI is InChI=1S/C18H32O2.C15H16O2.C3H5ClO/c1-2-3-4-5-6-7-8-9-10-11-12-13-14-15-16-17-18(19)20;1-15(2,11-3-7-13(16)8-4-11)12-5-9-14(17)10-6-12;4-1-3-2-5-3/h6-7,9-10H,2-5,8,11-17H2,1H3,(H,19,20);3-10,16-17H,1-2H3;3H,1-2H2/b7-6-,10-9-;;. The number of epoxide rings is 1. The van der Waals surface area contributed by atoms with E-state index in [0.29, 0.717) is 18.4 Å². The number of phenolic OH excluding ortho intramolecular Hbond substituents is 2. The number of rotatable bonds is 17. The van der Waals surface area contributed by atoms with E-state index in [0.717, 1.165) is 43.4 Å². The second-order valence-corrected chi connectivity index (χ2v) is 11.5. The first-order chi connectivity index (χ1) is 20.2. The minimum atomic E-state index is -0.671. The molecule has 0 saturated carbocycles. The molecule has 2 aromatic rings. The Labute approximate surface area is 259 Å². The maximum Gasteiger partial charge on any atom is 0.303 e. The number of aromatic hydroxyl groups is 2. The van der Waals surface area contributed by atoms with Crippen molar-refractivity contribution in [3.05, 3.63) is 84.0 Å². The predicted molar refractivity (Wildman–Crippen MR) is 176 cm³/mol. The van der Waals surface area contributed by atoms with Gasteiger partial charge in [0.25, 0.3) is 0 Å². The van der Waals surface area contributed by atoms with Gasteiger partial charge < -0.3 is 20.1 Å². The lowest BCUT2D eigenvalue weighted by Gasteiger charge is -2.26. The van der Waals surface area contributed by atoms with Crippen molar-refractivity contribution in [3.63, 3.8) is 0 Å². The van der Waals surface area contributed by atoms with Crippen molar-refractivity contribution in [2.45, 2.75) is 109 Å². The minimum Gasteiger partial charge on any atom is -0.508 e. The monoisotopic (exact) mass is 600 g/mol. The average molecular weight is 601 g/mol. The van der Waals surface area contributed by atoms with Crippen LogP contribution in [0.25, 0.3) is 0 Å². The lowest BCUT2D eigenvalue weighted by Crippen LogP contribution is -2.18. The van der Waals surface area contributed by atoms with Crippen molar-refractivity contribution < 1.29 is 24.9 Å². The van der Waals surface area contributed by atoms with Crippen molar-refractivity contribution in [3.8, 4) is 11.5 Å². The number of ether oxygens (including phenoxy) is 1. The van der Waals surface area contributed by atoms with Crippen LogP contribution in [-0.2, 0) is 14.9 Å². The van der Waals surface area contributed by atoms with Crippen molar-refractivity contribution in [2.75, 3.05) is 12.5 Å². The normalized spacial score (nSPS) is 14.2. The zero-order chi connectivity index (χ0) is 31.1. The van der Waals surface area contributed by atoms with Crippen LogP contribution in [-0.4, -0.2) is 39.9 Å². The molecule has 1 aliphatic heterocycles. The molecule has 234 valence electrons. The first kappa shape index (κ1) is 37.3. The van der Waals surface area contributed by atoms with Crippen LogP contribution in [0.3, 0.4) is 0 Å². The third-order valence-electron chi connectivity index (χ3n) is 7.09. The van der Waals surface area contributed by atoms with Crippen LogP contribution in [0, 0.1) is 0 Å². The number of allylic oxidation sites excluding steroid dienone is 4. The summed E-state index contributed by atoms with van der Waals surface area (Å²) in [5, 5.41) is 27.1. The Kier molecular flexibility index (Phi) is 20.2. The molecule has 1 fully saturated rings. The molecule has 5 nitrogen and oxygen atoms in total. The number of aliphatic carboxylic acids is 1. The Balaban J connectivity index is 0.000000361. The number of unbranched alkanes of at least 4 members (excludes halogenated alkanes) is 8. The molecule has 1 heterocycles. The lowest BCUT2D eigenvalue weighted by molar-refractivity contribution is -0.137. The summed E-state index contributed by atoms with van der Waals surface area (Å²) in [6, 6.07) is 14.4. The second kappa shape index (κ2) is 22.8. The summed E-state index contributed by atoms with van der Waals surface area (Å²) in [4.78, 5) is 10.3. The van der Waals surface area contributed by atoms with Crippen LogP contribution >= 0.6 is 11.6 Å². The van der Waals surface area contributed by atoms with E-state index in [1.807, 2.05) is 24.3 Å². The number of carboxylic acids is 1. The summed E-state index contributed by atoms with van der Waals surface area (Å²) in [6.45, 7) is 7.35. The van der Waals surface area contributed by atoms with Crippen molar-refractivity contribution in [1.29, 1.82) is 0 Å². The van der Waals surface area contributed by atoms with E-state index in [2.05, 4.69) is 45.1 Å². The van der Waals surface area contributed by atoms with Gasteiger partial charge in [-0.05, 0) is 73.9 Å². The molecular formula is C36H53ClO5.